The fourth-order valence-electron chi connectivity index (χ4n) is 1.60. The number of thiocarbonyl (C=S) groups is 1. The van der Waals surface area contributed by atoms with Gasteiger partial charge in [0.2, 0.25) is 0 Å². The number of carbonyl (C=O) groups is 1. The summed E-state index contributed by atoms with van der Waals surface area (Å²) in [6, 6.07) is 11.7. The molecular formula is C14H10Cl2N2OS. The van der Waals surface area contributed by atoms with Gasteiger partial charge in [0.05, 0.1) is 21.3 Å². The monoisotopic (exact) mass is 324 g/mol. The smallest absolute Gasteiger partial charge is 0.257 e. The van der Waals surface area contributed by atoms with Crippen molar-refractivity contribution in [3.05, 3.63) is 63.6 Å². The van der Waals surface area contributed by atoms with E-state index in [0.29, 0.717) is 26.9 Å². The molecule has 0 radical (unpaired) electrons. The second-order valence-electron chi connectivity index (χ2n) is 3.99. The molecule has 0 saturated heterocycles. The number of rotatable bonds is 3. The Hall–Kier alpha value is -1.62. The minimum atomic E-state index is -0.333. The van der Waals surface area contributed by atoms with Crippen LogP contribution in [0.2, 0.25) is 10.0 Å². The predicted molar refractivity (Wildman–Crippen MR) is 86.7 cm³/mol. The molecule has 2 rings (SSSR count). The second-order valence-corrected chi connectivity index (χ2v) is 5.25. The Balaban J connectivity index is 2.25. The topological polar surface area (TPSA) is 55.1 Å². The summed E-state index contributed by atoms with van der Waals surface area (Å²) in [5.41, 5.74) is 7.00. The van der Waals surface area contributed by atoms with E-state index < -0.39 is 0 Å². The van der Waals surface area contributed by atoms with E-state index in [-0.39, 0.29) is 10.9 Å². The molecule has 6 heteroatoms. The van der Waals surface area contributed by atoms with Crippen molar-refractivity contribution in [2.45, 2.75) is 0 Å². The molecule has 2 aromatic carbocycles. The third-order valence-electron chi connectivity index (χ3n) is 2.62. The van der Waals surface area contributed by atoms with E-state index in [1.165, 1.54) is 0 Å². The highest BCUT2D eigenvalue weighted by atomic mass is 35.5. The number of anilines is 1. The average Bonchev–Trinajstić information content (AvgIpc) is 2.41. The van der Waals surface area contributed by atoms with Gasteiger partial charge >= 0.3 is 0 Å². The maximum absolute atomic E-state index is 12.1. The number of benzene rings is 2. The molecular weight excluding hydrogens is 315 g/mol. The molecule has 0 aromatic heterocycles. The van der Waals surface area contributed by atoms with E-state index in [4.69, 9.17) is 41.2 Å². The largest absolute Gasteiger partial charge is 0.389 e. The van der Waals surface area contributed by atoms with E-state index in [2.05, 4.69) is 5.32 Å². The third-order valence-corrected chi connectivity index (χ3v) is 3.50. The Morgan fingerprint density at radius 3 is 2.40 bits per heavy atom. The minimum Gasteiger partial charge on any atom is -0.389 e. The van der Waals surface area contributed by atoms with Gasteiger partial charge in [-0.2, -0.15) is 0 Å². The zero-order valence-corrected chi connectivity index (χ0v) is 12.5. The summed E-state index contributed by atoms with van der Waals surface area (Å²) in [5, 5.41) is 3.43. The number of hydrogen-bond donors (Lipinski definition) is 2. The van der Waals surface area contributed by atoms with Gasteiger partial charge in [-0.3, -0.25) is 4.79 Å². The van der Waals surface area contributed by atoms with Crippen LogP contribution < -0.4 is 11.1 Å². The van der Waals surface area contributed by atoms with Gasteiger partial charge in [0, 0.05) is 5.56 Å². The van der Waals surface area contributed by atoms with Crippen LogP contribution in [0.15, 0.2) is 42.5 Å². The van der Waals surface area contributed by atoms with Gasteiger partial charge in [0.1, 0.15) is 4.99 Å². The van der Waals surface area contributed by atoms with Crippen LogP contribution in [0.25, 0.3) is 0 Å². The molecule has 2 aromatic rings. The van der Waals surface area contributed by atoms with Crippen LogP contribution in [0.1, 0.15) is 15.9 Å². The summed E-state index contributed by atoms with van der Waals surface area (Å²) in [5.74, 6) is -0.333. The van der Waals surface area contributed by atoms with Crippen molar-refractivity contribution in [3.63, 3.8) is 0 Å². The highest BCUT2D eigenvalue weighted by Gasteiger charge is 2.12. The summed E-state index contributed by atoms with van der Waals surface area (Å²) in [4.78, 5) is 12.3. The van der Waals surface area contributed by atoms with Crippen molar-refractivity contribution >= 4 is 52.0 Å². The number of amides is 1. The molecule has 1 amide bonds. The average molecular weight is 325 g/mol. The van der Waals surface area contributed by atoms with Gasteiger partial charge in [0.15, 0.2) is 0 Å². The fourth-order valence-corrected chi connectivity index (χ4v) is 2.18. The summed E-state index contributed by atoms with van der Waals surface area (Å²) < 4.78 is 0. The van der Waals surface area contributed by atoms with Crippen molar-refractivity contribution in [3.8, 4) is 0 Å². The van der Waals surface area contributed by atoms with E-state index in [1.54, 1.807) is 42.5 Å². The molecule has 3 N–H and O–H groups in total. The van der Waals surface area contributed by atoms with Crippen molar-refractivity contribution in [2.75, 3.05) is 5.32 Å². The zero-order valence-electron chi connectivity index (χ0n) is 10.2. The van der Waals surface area contributed by atoms with Crippen molar-refractivity contribution < 1.29 is 4.79 Å². The molecule has 0 aliphatic carbocycles. The van der Waals surface area contributed by atoms with Crippen LogP contribution in [0.4, 0.5) is 5.69 Å². The fraction of sp³-hybridized carbons (Fsp3) is 0. The Morgan fingerprint density at radius 1 is 1.10 bits per heavy atom. The van der Waals surface area contributed by atoms with E-state index >= 15 is 0 Å². The van der Waals surface area contributed by atoms with Crippen LogP contribution in [-0.2, 0) is 0 Å². The van der Waals surface area contributed by atoms with Crippen LogP contribution in [0.3, 0.4) is 0 Å². The van der Waals surface area contributed by atoms with Crippen LogP contribution in [-0.4, -0.2) is 10.9 Å². The van der Waals surface area contributed by atoms with Crippen LogP contribution >= 0.6 is 35.4 Å². The van der Waals surface area contributed by atoms with Crippen molar-refractivity contribution in [1.82, 2.24) is 0 Å². The molecule has 0 spiro atoms. The van der Waals surface area contributed by atoms with E-state index in [9.17, 15) is 4.79 Å². The lowest BCUT2D eigenvalue weighted by Crippen LogP contribution is -2.14. The summed E-state index contributed by atoms with van der Waals surface area (Å²) in [7, 11) is 0. The molecule has 0 bridgehead atoms. The van der Waals surface area contributed by atoms with Gasteiger partial charge in [-0.15, -0.1) is 0 Å². The molecule has 0 unspecified atom stereocenters. The molecule has 20 heavy (non-hydrogen) atoms. The van der Waals surface area contributed by atoms with Crippen LogP contribution in [0.5, 0.6) is 0 Å². The molecule has 0 saturated carbocycles. The first kappa shape index (κ1) is 14.8. The molecule has 0 heterocycles. The number of hydrogen-bond acceptors (Lipinski definition) is 2. The summed E-state index contributed by atoms with van der Waals surface area (Å²) >= 11 is 16.9. The van der Waals surface area contributed by atoms with Gasteiger partial charge in [0.25, 0.3) is 5.91 Å². The first-order chi connectivity index (χ1) is 9.49. The Kier molecular flexibility index (Phi) is 4.60. The highest BCUT2D eigenvalue weighted by Crippen LogP contribution is 2.24. The number of halogens is 2. The van der Waals surface area contributed by atoms with Gasteiger partial charge in [-0.25, -0.2) is 0 Å². The lowest BCUT2D eigenvalue weighted by Gasteiger charge is -2.09. The Bertz CT molecular complexity index is 689. The van der Waals surface area contributed by atoms with Crippen LogP contribution in [0, 0.1) is 0 Å². The third kappa shape index (κ3) is 3.28. The molecule has 102 valence electrons. The normalized spacial score (nSPS) is 10.1. The SMILES string of the molecule is NC(=S)c1ccc(NC(=O)c2ccccc2Cl)c(Cl)c1. The molecule has 0 aliphatic heterocycles. The number of carbonyl (C=O) groups excluding carboxylic acids is 1. The number of nitrogens with two attached hydrogens (primary N) is 1. The molecule has 0 aliphatic rings. The first-order valence-corrected chi connectivity index (χ1v) is 6.80. The summed E-state index contributed by atoms with van der Waals surface area (Å²) in [6.45, 7) is 0. The Labute approximate surface area is 131 Å². The quantitative estimate of drug-likeness (QED) is 0.842. The molecule has 0 atom stereocenters. The van der Waals surface area contributed by atoms with E-state index in [1.807, 2.05) is 0 Å². The zero-order chi connectivity index (χ0) is 14.7. The van der Waals surface area contributed by atoms with Gasteiger partial charge in [-0.1, -0.05) is 47.6 Å². The lowest BCUT2D eigenvalue weighted by atomic mass is 10.2. The van der Waals surface area contributed by atoms with Gasteiger partial charge in [-0.05, 0) is 30.3 Å². The van der Waals surface area contributed by atoms with Gasteiger partial charge < -0.3 is 11.1 Å². The highest BCUT2D eigenvalue weighted by molar-refractivity contribution is 7.80. The summed E-state index contributed by atoms with van der Waals surface area (Å²) in [6.07, 6.45) is 0. The standard InChI is InChI=1S/C14H10Cl2N2OS/c15-10-4-2-1-3-9(10)14(19)18-12-6-5-8(13(17)20)7-11(12)16/h1-7H,(H2,17,20)(H,18,19). The molecule has 0 fully saturated rings. The first-order valence-electron chi connectivity index (χ1n) is 5.64. The maximum atomic E-state index is 12.1. The predicted octanol–water partition coefficient (Wildman–Crippen LogP) is 3.88. The number of nitrogens with one attached hydrogen (secondary N) is 1. The Morgan fingerprint density at radius 2 is 1.80 bits per heavy atom. The van der Waals surface area contributed by atoms with Crippen molar-refractivity contribution in [1.29, 1.82) is 0 Å². The second kappa shape index (κ2) is 6.22. The minimum absolute atomic E-state index is 0.246. The molecule has 3 nitrogen and oxygen atoms in total. The van der Waals surface area contributed by atoms with E-state index in [0.717, 1.165) is 0 Å². The lowest BCUT2D eigenvalue weighted by molar-refractivity contribution is 0.102. The van der Waals surface area contributed by atoms with Crippen molar-refractivity contribution in [2.24, 2.45) is 5.73 Å². The maximum Gasteiger partial charge on any atom is 0.257 e.